The second-order valence-electron chi connectivity index (χ2n) is 4.72. The first-order valence-corrected chi connectivity index (χ1v) is 7.45. The Morgan fingerprint density at radius 2 is 2.28 bits per heavy atom. The molecule has 0 spiro atoms. The van der Waals surface area contributed by atoms with Crippen molar-refractivity contribution < 1.29 is 0 Å². The summed E-state index contributed by atoms with van der Waals surface area (Å²) in [5.41, 5.74) is 8.81. The molecule has 4 heteroatoms. The number of anilines is 2. The number of para-hydroxylation sites is 1. The van der Waals surface area contributed by atoms with E-state index in [-0.39, 0.29) is 0 Å². The Kier molecular flexibility index (Phi) is 3.28. The van der Waals surface area contributed by atoms with Crippen molar-refractivity contribution in [2.24, 2.45) is 5.92 Å². The molecule has 94 valence electrons. The maximum Gasteiger partial charge on any atom is 0.0743 e. The number of benzene rings is 1. The lowest BCUT2D eigenvalue weighted by Crippen LogP contribution is -2.14. The molecular formula is C14H17N3S. The van der Waals surface area contributed by atoms with E-state index in [0.717, 1.165) is 34.7 Å². The summed E-state index contributed by atoms with van der Waals surface area (Å²) >= 11 is 2.04. The van der Waals surface area contributed by atoms with Gasteiger partial charge < -0.3 is 11.1 Å². The highest BCUT2D eigenvalue weighted by atomic mass is 32.2. The largest absolute Gasteiger partial charge is 0.396 e. The highest BCUT2D eigenvalue weighted by molar-refractivity contribution is 7.99. The molecule has 0 bridgehead atoms. The molecule has 0 aliphatic carbocycles. The molecule has 0 saturated carbocycles. The van der Waals surface area contributed by atoms with Crippen LogP contribution in [-0.4, -0.2) is 23.0 Å². The maximum atomic E-state index is 6.04. The van der Waals surface area contributed by atoms with Gasteiger partial charge in [0.05, 0.1) is 23.1 Å². The van der Waals surface area contributed by atoms with E-state index in [1.807, 2.05) is 30.0 Å². The molecular weight excluding hydrogens is 242 g/mol. The van der Waals surface area contributed by atoms with Crippen LogP contribution < -0.4 is 11.1 Å². The number of fused-ring (bicyclic) bond motifs is 1. The maximum absolute atomic E-state index is 6.04. The number of rotatable bonds is 3. The van der Waals surface area contributed by atoms with E-state index in [4.69, 9.17) is 5.73 Å². The van der Waals surface area contributed by atoms with E-state index < -0.39 is 0 Å². The summed E-state index contributed by atoms with van der Waals surface area (Å²) in [5, 5.41) is 4.63. The molecule has 3 nitrogen and oxygen atoms in total. The van der Waals surface area contributed by atoms with E-state index in [2.05, 4.69) is 16.4 Å². The first kappa shape index (κ1) is 11.7. The van der Waals surface area contributed by atoms with Gasteiger partial charge in [0.2, 0.25) is 0 Å². The summed E-state index contributed by atoms with van der Waals surface area (Å²) in [7, 11) is 0. The number of aromatic nitrogens is 1. The zero-order valence-corrected chi connectivity index (χ0v) is 11.0. The van der Waals surface area contributed by atoms with Gasteiger partial charge in [0.25, 0.3) is 0 Å². The molecule has 1 aliphatic rings. The highest BCUT2D eigenvalue weighted by Crippen LogP contribution is 2.29. The van der Waals surface area contributed by atoms with Gasteiger partial charge in [0, 0.05) is 11.9 Å². The SMILES string of the molecule is Nc1cnc2ccccc2c1NCC1CCSC1. The number of hydrogen-bond acceptors (Lipinski definition) is 4. The second kappa shape index (κ2) is 5.06. The summed E-state index contributed by atoms with van der Waals surface area (Å²) in [6, 6.07) is 8.12. The monoisotopic (exact) mass is 259 g/mol. The fraction of sp³-hybridized carbons (Fsp3) is 0.357. The molecule has 2 aromatic rings. The molecule has 1 unspecified atom stereocenters. The van der Waals surface area contributed by atoms with Crippen LogP contribution in [0.3, 0.4) is 0 Å². The van der Waals surface area contributed by atoms with Crippen LogP contribution in [0, 0.1) is 5.92 Å². The minimum atomic E-state index is 0.736. The van der Waals surface area contributed by atoms with Crippen LogP contribution in [-0.2, 0) is 0 Å². The quantitative estimate of drug-likeness (QED) is 0.889. The summed E-state index contributed by atoms with van der Waals surface area (Å²) in [6.45, 7) is 1.01. The average molecular weight is 259 g/mol. The van der Waals surface area contributed by atoms with Crippen LogP contribution in [0.2, 0.25) is 0 Å². The number of nitrogens with zero attached hydrogens (tertiary/aromatic N) is 1. The molecule has 18 heavy (non-hydrogen) atoms. The van der Waals surface area contributed by atoms with Gasteiger partial charge in [-0.25, -0.2) is 0 Å². The Hall–Kier alpha value is -1.42. The summed E-state index contributed by atoms with van der Waals surface area (Å²) in [4.78, 5) is 4.35. The van der Waals surface area contributed by atoms with Gasteiger partial charge in [-0.1, -0.05) is 18.2 Å². The lowest BCUT2D eigenvalue weighted by Gasteiger charge is -2.15. The fourth-order valence-corrected chi connectivity index (χ4v) is 3.63. The third kappa shape index (κ3) is 2.25. The third-order valence-corrected chi connectivity index (χ3v) is 4.63. The van der Waals surface area contributed by atoms with Gasteiger partial charge in [0.1, 0.15) is 0 Å². The topological polar surface area (TPSA) is 50.9 Å². The van der Waals surface area contributed by atoms with Crippen LogP contribution in [0.15, 0.2) is 30.5 Å². The van der Waals surface area contributed by atoms with Crippen LogP contribution in [0.25, 0.3) is 10.9 Å². The molecule has 1 aromatic carbocycles. The summed E-state index contributed by atoms with van der Waals surface area (Å²) in [6.07, 6.45) is 3.05. The minimum absolute atomic E-state index is 0.736. The van der Waals surface area contributed by atoms with Crippen LogP contribution in [0.5, 0.6) is 0 Å². The number of nitrogens with two attached hydrogens (primary N) is 1. The molecule has 1 atom stereocenters. The minimum Gasteiger partial charge on any atom is -0.396 e. The van der Waals surface area contributed by atoms with Gasteiger partial charge in [-0.05, 0) is 29.9 Å². The smallest absolute Gasteiger partial charge is 0.0743 e. The van der Waals surface area contributed by atoms with Crippen molar-refractivity contribution in [2.75, 3.05) is 29.1 Å². The summed E-state index contributed by atoms with van der Waals surface area (Å²) in [5.74, 6) is 3.32. The first-order chi connectivity index (χ1) is 8.84. The molecule has 0 radical (unpaired) electrons. The lowest BCUT2D eigenvalue weighted by molar-refractivity contribution is 0.632. The average Bonchev–Trinajstić information content (AvgIpc) is 2.91. The molecule has 2 heterocycles. The standard InChI is InChI=1S/C14H17N3S/c15-12-8-16-13-4-2-1-3-11(13)14(12)17-7-10-5-6-18-9-10/h1-4,8,10H,5-7,9,15H2,(H,16,17). The van der Waals surface area contributed by atoms with Crippen LogP contribution in [0.4, 0.5) is 11.4 Å². The van der Waals surface area contributed by atoms with E-state index >= 15 is 0 Å². The Morgan fingerprint density at radius 1 is 1.39 bits per heavy atom. The van der Waals surface area contributed by atoms with E-state index in [9.17, 15) is 0 Å². The molecule has 1 saturated heterocycles. The van der Waals surface area contributed by atoms with Gasteiger partial charge >= 0.3 is 0 Å². The Morgan fingerprint density at radius 3 is 3.11 bits per heavy atom. The van der Waals surface area contributed by atoms with Gasteiger partial charge in [-0.15, -0.1) is 0 Å². The van der Waals surface area contributed by atoms with Gasteiger partial charge in [-0.2, -0.15) is 11.8 Å². The van der Waals surface area contributed by atoms with Crippen LogP contribution >= 0.6 is 11.8 Å². The predicted molar refractivity (Wildman–Crippen MR) is 80.1 cm³/mol. The molecule has 3 rings (SSSR count). The van der Waals surface area contributed by atoms with Crippen molar-refractivity contribution in [3.63, 3.8) is 0 Å². The lowest BCUT2D eigenvalue weighted by atomic mass is 10.1. The third-order valence-electron chi connectivity index (χ3n) is 3.40. The van der Waals surface area contributed by atoms with Crippen molar-refractivity contribution in [3.8, 4) is 0 Å². The van der Waals surface area contributed by atoms with Gasteiger partial charge in [-0.3, -0.25) is 4.98 Å². The number of nitrogen functional groups attached to an aromatic ring is 1. The van der Waals surface area contributed by atoms with Gasteiger partial charge in [0.15, 0.2) is 0 Å². The van der Waals surface area contributed by atoms with Crippen molar-refractivity contribution in [1.82, 2.24) is 4.98 Å². The molecule has 1 fully saturated rings. The molecule has 1 aromatic heterocycles. The molecule has 0 amide bonds. The number of thioether (sulfide) groups is 1. The summed E-state index contributed by atoms with van der Waals surface area (Å²) < 4.78 is 0. The van der Waals surface area contributed by atoms with Crippen molar-refractivity contribution in [1.29, 1.82) is 0 Å². The second-order valence-corrected chi connectivity index (χ2v) is 5.87. The zero-order valence-electron chi connectivity index (χ0n) is 10.2. The van der Waals surface area contributed by atoms with E-state index in [1.165, 1.54) is 17.9 Å². The Balaban J connectivity index is 1.87. The molecule has 3 N–H and O–H groups in total. The highest BCUT2D eigenvalue weighted by Gasteiger charge is 2.16. The number of nitrogens with one attached hydrogen (secondary N) is 1. The molecule has 1 aliphatic heterocycles. The van der Waals surface area contributed by atoms with Crippen molar-refractivity contribution in [3.05, 3.63) is 30.5 Å². The van der Waals surface area contributed by atoms with Crippen LogP contribution in [0.1, 0.15) is 6.42 Å². The Labute approximate surface area is 111 Å². The first-order valence-electron chi connectivity index (χ1n) is 6.29. The van der Waals surface area contributed by atoms with Crippen molar-refractivity contribution in [2.45, 2.75) is 6.42 Å². The number of pyridine rings is 1. The Bertz CT molecular complexity index is 550. The van der Waals surface area contributed by atoms with E-state index in [0.29, 0.717) is 0 Å². The predicted octanol–water partition coefficient (Wildman–Crippen LogP) is 2.98. The zero-order chi connectivity index (χ0) is 12.4. The number of hydrogen-bond donors (Lipinski definition) is 2. The van der Waals surface area contributed by atoms with Crippen molar-refractivity contribution >= 4 is 34.0 Å². The van der Waals surface area contributed by atoms with E-state index in [1.54, 1.807) is 6.20 Å². The fourth-order valence-electron chi connectivity index (χ4n) is 2.34. The normalized spacial score (nSPS) is 19.2.